The number of rotatable bonds is 3. The minimum atomic E-state index is -5.07. The molecule has 96 valence electrons. The van der Waals surface area contributed by atoms with Crippen LogP contribution in [0.4, 0.5) is 0 Å². The molecule has 0 bridgehead atoms. The van der Waals surface area contributed by atoms with E-state index in [1.54, 1.807) is 24.3 Å². The second kappa shape index (κ2) is 4.32. The molecule has 0 unspecified atom stereocenters. The zero-order valence-corrected chi connectivity index (χ0v) is 10.5. The van der Waals surface area contributed by atoms with Gasteiger partial charge in [0.1, 0.15) is 0 Å². The molecule has 0 aliphatic heterocycles. The van der Waals surface area contributed by atoms with Gasteiger partial charge in [-0.15, -0.1) is 3.63 Å². The van der Waals surface area contributed by atoms with Gasteiger partial charge in [-0.1, -0.05) is 30.3 Å². The zero-order valence-electron chi connectivity index (χ0n) is 8.85. The van der Waals surface area contributed by atoms with E-state index in [9.17, 15) is 16.8 Å². The number of fused-ring (bicyclic) bond motifs is 1. The van der Waals surface area contributed by atoms with Crippen molar-refractivity contribution in [3.8, 4) is 0 Å². The molecule has 0 heterocycles. The van der Waals surface area contributed by atoms with E-state index in [-0.39, 0.29) is 4.90 Å². The molecule has 6 nitrogen and oxygen atoms in total. The summed E-state index contributed by atoms with van der Waals surface area (Å²) in [6, 6.07) is 10.9. The molecule has 0 saturated carbocycles. The SMILES string of the molecule is O=S(=O)(O)OS(=O)(=O)c1ccc2ccccc2c1. The van der Waals surface area contributed by atoms with Crippen LogP contribution in [0.1, 0.15) is 0 Å². The van der Waals surface area contributed by atoms with Crippen molar-refractivity contribution in [2.45, 2.75) is 4.90 Å². The average molecular weight is 288 g/mol. The van der Waals surface area contributed by atoms with Crippen molar-refractivity contribution in [2.75, 3.05) is 0 Å². The van der Waals surface area contributed by atoms with Crippen LogP contribution in [0, 0.1) is 0 Å². The molecule has 0 aromatic heterocycles. The molecule has 0 radical (unpaired) electrons. The smallest absolute Gasteiger partial charge is 0.263 e. The van der Waals surface area contributed by atoms with Crippen LogP contribution in [-0.4, -0.2) is 21.4 Å². The summed E-state index contributed by atoms with van der Waals surface area (Å²) in [4.78, 5) is -0.348. The first kappa shape index (κ1) is 13.0. The maximum Gasteiger partial charge on any atom is 0.412 e. The van der Waals surface area contributed by atoms with Crippen LogP contribution < -0.4 is 0 Å². The van der Waals surface area contributed by atoms with E-state index in [0.29, 0.717) is 5.39 Å². The Labute approximate surface area is 104 Å². The van der Waals surface area contributed by atoms with Gasteiger partial charge < -0.3 is 0 Å². The first-order chi connectivity index (χ1) is 8.28. The summed E-state index contributed by atoms with van der Waals surface area (Å²) < 4.78 is 56.0. The van der Waals surface area contributed by atoms with E-state index in [1.165, 1.54) is 18.2 Å². The summed E-state index contributed by atoms with van der Waals surface area (Å²) in [5.41, 5.74) is 0. The van der Waals surface area contributed by atoms with Crippen molar-refractivity contribution < 1.29 is 25.0 Å². The number of benzene rings is 2. The van der Waals surface area contributed by atoms with Crippen molar-refractivity contribution in [1.82, 2.24) is 0 Å². The van der Waals surface area contributed by atoms with Gasteiger partial charge in [-0.3, -0.25) is 4.55 Å². The molecule has 0 atom stereocenters. The Bertz CT molecular complexity index is 792. The largest absolute Gasteiger partial charge is 0.412 e. The maximum atomic E-state index is 11.5. The molecule has 2 rings (SSSR count). The molecule has 2 aromatic carbocycles. The number of hydrogen-bond acceptors (Lipinski definition) is 5. The van der Waals surface area contributed by atoms with Gasteiger partial charge in [0, 0.05) is 0 Å². The number of hydrogen-bond donors (Lipinski definition) is 1. The highest BCUT2D eigenvalue weighted by Gasteiger charge is 2.23. The van der Waals surface area contributed by atoms with Crippen molar-refractivity contribution in [1.29, 1.82) is 0 Å². The highest BCUT2D eigenvalue weighted by molar-refractivity contribution is 7.97. The Hall–Kier alpha value is -1.48. The fourth-order valence-corrected chi connectivity index (χ4v) is 3.20. The zero-order chi connectivity index (χ0) is 13.4. The Morgan fingerprint density at radius 2 is 1.50 bits per heavy atom. The lowest BCUT2D eigenvalue weighted by molar-refractivity contribution is 0.383. The quantitative estimate of drug-likeness (QED) is 0.856. The van der Waals surface area contributed by atoms with Crippen LogP contribution in [0.5, 0.6) is 0 Å². The van der Waals surface area contributed by atoms with E-state index in [2.05, 4.69) is 3.63 Å². The summed E-state index contributed by atoms with van der Waals surface area (Å²) in [6.07, 6.45) is 0. The minimum Gasteiger partial charge on any atom is -0.263 e. The normalized spacial score (nSPS) is 12.7. The van der Waals surface area contributed by atoms with Gasteiger partial charge in [0.2, 0.25) is 0 Å². The van der Waals surface area contributed by atoms with Crippen LogP contribution in [0.25, 0.3) is 10.8 Å². The predicted octanol–water partition coefficient (Wildman–Crippen LogP) is 1.35. The van der Waals surface area contributed by atoms with E-state index >= 15 is 0 Å². The molecule has 18 heavy (non-hydrogen) atoms. The third kappa shape index (κ3) is 2.85. The Morgan fingerprint density at radius 1 is 0.889 bits per heavy atom. The second-order valence-electron chi connectivity index (χ2n) is 3.46. The van der Waals surface area contributed by atoms with Gasteiger partial charge in [-0.05, 0) is 22.9 Å². The van der Waals surface area contributed by atoms with Crippen LogP contribution >= 0.6 is 0 Å². The van der Waals surface area contributed by atoms with E-state index in [4.69, 9.17) is 4.55 Å². The van der Waals surface area contributed by atoms with Gasteiger partial charge >= 0.3 is 20.5 Å². The lowest BCUT2D eigenvalue weighted by atomic mass is 10.1. The van der Waals surface area contributed by atoms with Crippen molar-refractivity contribution in [3.05, 3.63) is 42.5 Å². The molecule has 1 N–H and O–H groups in total. The van der Waals surface area contributed by atoms with Crippen molar-refractivity contribution in [2.24, 2.45) is 0 Å². The van der Waals surface area contributed by atoms with Crippen molar-refractivity contribution >= 4 is 31.3 Å². The standard InChI is InChI=1S/C10H8O6S2/c11-17(12,16-18(13,14)15)10-6-5-8-3-1-2-4-9(8)7-10/h1-7H,(H,13,14,15). The fourth-order valence-electron chi connectivity index (χ4n) is 1.48. The van der Waals surface area contributed by atoms with Gasteiger partial charge in [-0.2, -0.15) is 16.8 Å². The summed E-state index contributed by atoms with van der Waals surface area (Å²) in [5, 5.41) is 1.40. The molecular weight excluding hydrogens is 280 g/mol. The topological polar surface area (TPSA) is 97.7 Å². The van der Waals surface area contributed by atoms with Gasteiger partial charge in [0.05, 0.1) is 4.90 Å². The minimum absolute atomic E-state index is 0.348. The highest BCUT2D eigenvalue weighted by Crippen LogP contribution is 2.21. The fraction of sp³-hybridized carbons (Fsp3) is 0. The van der Waals surface area contributed by atoms with Gasteiger partial charge in [-0.25, -0.2) is 0 Å². The Balaban J connectivity index is 2.55. The second-order valence-corrected chi connectivity index (χ2v) is 6.24. The van der Waals surface area contributed by atoms with Crippen molar-refractivity contribution in [3.63, 3.8) is 0 Å². The van der Waals surface area contributed by atoms with Gasteiger partial charge in [0.25, 0.3) is 0 Å². The molecule has 0 saturated heterocycles. The third-order valence-electron chi connectivity index (χ3n) is 2.19. The summed E-state index contributed by atoms with van der Waals surface area (Å²) in [5.74, 6) is 0. The van der Waals surface area contributed by atoms with E-state index in [1.807, 2.05) is 0 Å². The highest BCUT2D eigenvalue weighted by atomic mass is 32.3. The van der Waals surface area contributed by atoms with E-state index < -0.39 is 20.5 Å². The Morgan fingerprint density at radius 3 is 2.11 bits per heavy atom. The maximum absolute atomic E-state index is 11.5. The molecule has 0 aliphatic rings. The first-order valence-electron chi connectivity index (χ1n) is 4.70. The van der Waals surface area contributed by atoms with E-state index in [0.717, 1.165) is 5.39 Å². The predicted molar refractivity (Wildman–Crippen MR) is 63.8 cm³/mol. The molecule has 0 amide bonds. The van der Waals surface area contributed by atoms with Crippen LogP contribution in [0.2, 0.25) is 0 Å². The third-order valence-corrected chi connectivity index (χ3v) is 4.42. The van der Waals surface area contributed by atoms with Crippen LogP contribution in [0.3, 0.4) is 0 Å². The molecule has 0 fully saturated rings. The first-order valence-corrected chi connectivity index (χ1v) is 7.48. The summed E-state index contributed by atoms with van der Waals surface area (Å²) in [6.45, 7) is 0. The van der Waals surface area contributed by atoms with Gasteiger partial charge in [0.15, 0.2) is 0 Å². The van der Waals surface area contributed by atoms with Crippen LogP contribution in [-0.2, 0) is 24.1 Å². The molecule has 2 aromatic rings. The molecular formula is C10H8O6S2. The lowest BCUT2D eigenvalue weighted by Crippen LogP contribution is -2.12. The summed E-state index contributed by atoms with van der Waals surface area (Å²) in [7, 11) is -9.62. The van der Waals surface area contributed by atoms with Crippen LogP contribution in [0.15, 0.2) is 47.4 Å². The molecule has 8 heteroatoms. The monoisotopic (exact) mass is 288 g/mol. The molecule has 0 spiro atoms. The summed E-state index contributed by atoms with van der Waals surface area (Å²) >= 11 is 0. The average Bonchev–Trinajstić information content (AvgIpc) is 2.25. The Kier molecular flexibility index (Phi) is 3.11. The molecule has 0 aliphatic carbocycles. The lowest BCUT2D eigenvalue weighted by Gasteiger charge is -2.03.